The smallest absolute Gasteiger partial charge is 0.311 e. The van der Waals surface area contributed by atoms with Crippen molar-refractivity contribution >= 4 is 22.3 Å². The number of nitrogens with zero attached hydrogens (tertiary/aromatic N) is 3. The van der Waals surface area contributed by atoms with Crippen LogP contribution in [0.1, 0.15) is 44.9 Å². The molecular formula is C19H33N5O7S. The zero-order valence-electron chi connectivity index (χ0n) is 18.1. The summed E-state index contributed by atoms with van der Waals surface area (Å²) in [5.41, 5.74) is 2.44. The predicted molar refractivity (Wildman–Crippen MR) is 112 cm³/mol. The number of urea groups is 1. The van der Waals surface area contributed by atoms with E-state index in [4.69, 9.17) is 9.39 Å². The van der Waals surface area contributed by atoms with E-state index >= 15 is 0 Å². The molecule has 13 heteroatoms. The van der Waals surface area contributed by atoms with Gasteiger partial charge in [-0.3, -0.25) is 14.2 Å². The summed E-state index contributed by atoms with van der Waals surface area (Å²) in [7, 11) is -4.81. The molecule has 3 amide bonds. The molecule has 4 rings (SSSR count). The number of nitrogens with one attached hydrogen (secondary N) is 2. The van der Waals surface area contributed by atoms with Crippen LogP contribution in [0.2, 0.25) is 0 Å². The van der Waals surface area contributed by atoms with Crippen LogP contribution in [-0.2, 0) is 24.3 Å². The van der Waals surface area contributed by atoms with Crippen molar-refractivity contribution in [1.82, 2.24) is 25.7 Å². The number of piperidine rings is 1. The first-order valence-electron chi connectivity index (χ1n) is 11.4. The van der Waals surface area contributed by atoms with E-state index in [9.17, 15) is 18.0 Å². The third kappa shape index (κ3) is 5.88. The molecule has 2 bridgehead atoms. The highest BCUT2D eigenvalue weighted by molar-refractivity contribution is 7.80. The lowest BCUT2D eigenvalue weighted by molar-refractivity contribution is -0.139. The molecule has 0 saturated carbocycles. The molecule has 32 heavy (non-hydrogen) atoms. The van der Waals surface area contributed by atoms with Crippen LogP contribution >= 0.6 is 0 Å². The van der Waals surface area contributed by atoms with Crippen molar-refractivity contribution in [2.45, 2.75) is 63.1 Å². The quantitative estimate of drug-likeness (QED) is 0.324. The van der Waals surface area contributed by atoms with Gasteiger partial charge < -0.3 is 15.1 Å². The van der Waals surface area contributed by atoms with Crippen LogP contribution in [0.5, 0.6) is 0 Å². The molecule has 0 radical (unpaired) electrons. The number of amides is 3. The van der Waals surface area contributed by atoms with Crippen molar-refractivity contribution in [3.8, 4) is 0 Å². The molecule has 4 saturated heterocycles. The monoisotopic (exact) mass is 475 g/mol. The lowest BCUT2D eigenvalue weighted by Gasteiger charge is -2.29. The Morgan fingerprint density at radius 3 is 2.66 bits per heavy atom. The summed E-state index contributed by atoms with van der Waals surface area (Å²) in [4.78, 5) is 34.2. The Labute approximate surface area is 188 Å². The highest BCUT2D eigenvalue weighted by Gasteiger charge is 2.49. The summed E-state index contributed by atoms with van der Waals surface area (Å²) in [5.74, 6) is 0.119. The molecule has 4 fully saturated rings. The summed E-state index contributed by atoms with van der Waals surface area (Å²) >= 11 is 0. The van der Waals surface area contributed by atoms with Crippen LogP contribution in [0.15, 0.2) is 0 Å². The van der Waals surface area contributed by atoms with Crippen LogP contribution in [0, 0.1) is 5.92 Å². The van der Waals surface area contributed by atoms with E-state index in [2.05, 4.69) is 20.0 Å². The van der Waals surface area contributed by atoms with Crippen LogP contribution < -0.4 is 10.8 Å². The molecule has 0 aromatic heterocycles. The molecular weight excluding hydrogens is 442 g/mol. The fraction of sp³-hybridized carbons (Fsp3) is 0.895. The van der Waals surface area contributed by atoms with Crippen LogP contribution in [-0.4, -0.2) is 97.2 Å². The molecule has 0 aromatic rings. The second-order valence-corrected chi connectivity index (χ2v) is 10.2. The largest absolute Gasteiger partial charge is 0.418 e. The van der Waals surface area contributed by atoms with Gasteiger partial charge in [0.25, 0.3) is 5.91 Å². The maximum absolute atomic E-state index is 12.6. The van der Waals surface area contributed by atoms with Crippen LogP contribution in [0.4, 0.5) is 4.79 Å². The fourth-order valence-corrected chi connectivity index (χ4v) is 5.63. The number of hydroxylamine groups is 3. The fourth-order valence-electron chi connectivity index (χ4n) is 5.24. The standard InChI is InChI=1S/C19H33N5O7S/c25-18(17-6-5-16-12-23(17)19(26)24(16)31-32(27,28)29)21-30-13-15-9-14(10-20-15)11-22-7-3-1-2-4-8-22/h14-17,20H,1-13H2,(H,21,25)(H,27,28,29)/t14-,15-,16-,17+/m1/s1. The number of carbonyl (C=O) groups is 2. The SMILES string of the molecule is O=C(NOC[C@H]1C[C@@H](CN2CCCCCC2)CN1)[C@@H]1CC[C@@H]2CN1C(=O)N2OS(=O)(=O)O. The van der Waals surface area contributed by atoms with Crippen molar-refractivity contribution < 1.29 is 31.7 Å². The molecule has 4 aliphatic heterocycles. The van der Waals surface area contributed by atoms with Crippen molar-refractivity contribution in [3.05, 3.63) is 0 Å². The Morgan fingerprint density at radius 1 is 1.19 bits per heavy atom. The summed E-state index contributed by atoms with van der Waals surface area (Å²) < 4.78 is 35.2. The van der Waals surface area contributed by atoms with E-state index in [1.165, 1.54) is 43.7 Å². The number of hydrogen-bond donors (Lipinski definition) is 3. The molecule has 0 aliphatic carbocycles. The first-order valence-corrected chi connectivity index (χ1v) is 12.8. The van der Waals surface area contributed by atoms with E-state index in [0.717, 1.165) is 19.5 Å². The summed E-state index contributed by atoms with van der Waals surface area (Å²) in [6, 6.07) is -1.91. The van der Waals surface area contributed by atoms with Crippen molar-refractivity contribution in [1.29, 1.82) is 0 Å². The third-order valence-electron chi connectivity index (χ3n) is 6.79. The lowest BCUT2D eigenvalue weighted by atomic mass is 10.0. The molecule has 0 unspecified atom stereocenters. The van der Waals surface area contributed by atoms with Crippen molar-refractivity contribution in [3.63, 3.8) is 0 Å². The van der Waals surface area contributed by atoms with Gasteiger partial charge in [0.1, 0.15) is 6.04 Å². The second-order valence-electron chi connectivity index (χ2n) is 9.21. The van der Waals surface area contributed by atoms with Gasteiger partial charge in [-0.15, -0.1) is 4.28 Å². The van der Waals surface area contributed by atoms with Crippen LogP contribution in [0.25, 0.3) is 0 Å². The Balaban J connectivity index is 1.18. The zero-order valence-corrected chi connectivity index (χ0v) is 19.0. The molecule has 4 aliphatic rings. The average molecular weight is 476 g/mol. The first kappa shape index (κ1) is 23.6. The van der Waals surface area contributed by atoms with Gasteiger partial charge in [-0.1, -0.05) is 12.8 Å². The van der Waals surface area contributed by atoms with Gasteiger partial charge in [0, 0.05) is 19.1 Å². The molecule has 0 aromatic carbocycles. The Kier molecular flexibility index (Phi) is 7.52. The zero-order chi connectivity index (χ0) is 22.7. The van der Waals surface area contributed by atoms with Gasteiger partial charge in [-0.05, 0) is 57.7 Å². The van der Waals surface area contributed by atoms with E-state index in [0.29, 0.717) is 30.4 Å². The van der Waals surface area contributed by atoms with E-state index in [1.54, 1.807) is 0 Å². The number of likely N-dealkylation sites (tertiary alicyclic amines) is 1. The van der Waals surface area contributed by atoms with E-state index in [-0.39, 0.29) is 12.6 Å². The number of hydrogen-bond acceptors (Lipinski definition) is 8. The first-order chi connectivity index (χ1) is 15.3. The average Bonchev–Trinajstić information content (AvgIpc) is 3.14. The highest BCUT2D eigenvalue weighted by Crippen LogP contribution is 2.30. The number of fused-ring (bicyclic) bond motifs is 2. The number of rotatable bonds is 8. The molecule has 182 valence electrons. The Morgan fingerprint density at radius 2 is 1.94 bits per heavy atom. The summed E-state index contributed by atoms with van der Waals surface area (Å²) in [6.45, 7) is 4.88. The third-order valence-corrected chi connectivity index (χ3v) is 7.13. The maximum atomic E-state index is 12.6. The van der Waals surface area contributed by atoms with Gasteiger partial charge in [0.05, 0.1) is 12.6 Å². The second kappa shape index (κ2) is 10.2. The molecule has 0 spiro atoms. The van der Waals surface area contributed by atoms with Gasteiger partial charge in [-0.25, -0.2) is 10.3 Å². The Hall–Kier alpha value is -1.51. The minimum absolute atomic E-state index is 0.148. The molecule has 4 atom stereocenters. The highest BCUT2D eigenvalue weighted by atomic mass is 32.3. The Bertz CT molecular complexity index is 789. The summed E-state index contributed by atoms with van der Waals surface area (Å²) in [6.07, 6.45) is 6.91. The van der Waals surface area contributed by atoms with Crippen molar-refractivity contribution in [2.24, 2.45) is 5.92 Å². The predicted octanol–water partition coefficient (Wildman–Crippen LogP) is -0.109. The minimum Gasteiger partial charge on any atom is -0.311 e. The topological polar surface area (TPSA) is 141 Å². The minimum atomic E-state index is -4.81. The summed E-state index contributed by atoms with van der Waals surface area (Å²) in [5, 5.41) is 4.08. The van der Waals surface area contributed by atoms with Crippen LogP contribution in [0.3, 0.4) is 0 Å². The van der Waals surface area contributed by atoms with Gasteiger partial charge >= 0.3 is 16.4 Å². The van der Waals surface area contributed by atoms with E-state index < -0.39 is 34.4 Å². The lowest BCUT2D eigenvalue weighted by Crippen LogP contribution is -2.50. The molecule has 3 N–H and O–H groups in total. The number of carbonyl (C=O) groups excluding carboxylic acids is 2. The van der Waals surface area contributed by atoms with Crippen molar-refractivity contribution in [2.75, 3.05) is 39.3 Å². The van der Waals surface area contributed by atoms with Gasteiger partial charge in [-0.2, -0.15) is 13.5 Å². The van der Waals surface area contributed by atoms with Gasteiger partial charge in [0.15, 0.2) is 0 Å². The maximum Gasteiger partial charge on any atom is 0.418 e. The molecule has 4 heterocycles. The molecule has 12 nitrogen and oxygen atoms in total. The van der Waals surface area contributed by atoms with Gasteiger partial charge in [0.2, 0.25) is 0 Å². The van der Waals surface area contributed by atoms with E-state index in [1.807, 2.05) is 0 Å². The normalized spacial score (nSPS) is 31.7.